The van der Waals surface area contributed by atoms with Crippen molar-refractivity contribution in [2.45, 2.75) is 12.3 Å². The third-order valence-corrected chi connectivity index (χ3v) is 10.2. The molecule has 3 heterocycles. The molecule has 0 saturated carbocycles. The maximum atomic E-state index is 4.68. The molecule has 1 spiro atoms. The molecule has 2 aliphatic rings. The highest BCUT2D eigenvalue weighted by molar-refractivity contribution is 6.10. The van der Waals surface area contributed by atoms with Crippen LogP contribution in [0.5, 0.6) is 0 Å². The number of nitrogens with zero attached hydrogens (tertiary/aromatic N) is 3. The average molecular weight is 600 g/mol. The Morgan fingerprint density at radius 3 is 2.19 bits per heavy atom. The van der Waals surface area contributed by atoms with E-state index in [2.05, 4.69) is 143 Å². The van der Waals surface area contributed by atoms with Gasteiger partial charge < -0.3 is 0 Å². The van der Waals surface area contributed by atoms with Crippen LogP contribution in [0, 0.1) is 6.92 Å². The van der Waals surface area contributed by atoms with Gasteiger partial charge in [-0.05, 0) is 99.0 Å². The molecule has 0 radical (unpaired) electrons. The summed E-state index contributed by atoms with van der Waals surface area (Å²) >= 11 is 0. The number of fused-ring (bicyclic) bond motifs is 12. The summed E-state index contributed by atoms with van der Waals surface area (Å²) in [5.74, 6) is 0.890. The summed E-state index contributed by atoms with van der Waals surface area (Å²) in [6.07, 6.45) is 10.3. The van der Waals surface area contributed by atoms with Crippen molar-refractivity contribution in [1.82, 2.24) is 14.5 Å². The lowest BCUT2D eigenvalue weighted by molar-refractivity contribution is 0.766. The summed E-state index contributed by atoms with van der Waals surface area (Å²) in [7, 11) is 0. The Hall–Kier alpha value is -6.06. The molecule has 0 aliphatic heterocycles. The second-order valence-corrected chi connectivity index (χ2v) is 12.7. The number of pyridine rings is 2. The van der Waals surface area contributed by atoms with Gasteiger partial charge in [-0.15, -0.1) is 0 Å². The van der Waals surface area contributed by atoms with E-state index in [0.717, 1.165) is 16.9 Å². The Bertz CT molecular complexity index is 2590. The van der Waals surface area contributed by atoms with Gasteiger partial charge in [0.25, 0.3) is 0 Å². The first-order valence-corrected chi connectivity index (χ1v) is 16.1. The zero-order valence-corrected chi connectivity index (χ0v) is 25.9. The van der Waals surface area contributed by atoms with Gasteiger partial charge in [-0.1, -0.05) is 109 Å². The zero-order chi connectivity index (χ0) is 31.1. The molecule has 3 heteroatoms. The molecular weight excluding hydrogens is 571 g/mol. The molecule has 3 aromatic heterocycles. The smallest absolute Gasteiger partial charge is 0.137 e. The number of hydrogen-bond acceptors (Lipinski definition) is 2. The van der Waals surface area contributed by atoms with Crippen molar-refractivity contribution in [3.05, 3.63) is 185 Å². The Labute approximate surface area is 273 Å². The van der Waals surface area contributed by atoms with Gasteiger partial charge in [-0.25, -0.2) is 4.98 Å². The molecule has 1 atom stereocenters. The Morgan fingerprint density at radius 1 is 0.532 bits per heavy atom. The largest absolute Gasteiger partial charge is 0.292 e. The number of hydrogen-bond donors (Lipinski definition) is 0. The fraction of sp³-hybridized carbons (Fsp3) is 0.0455. The van der Waals surface area contributed by atoms with E-state index in [4.69, 9.17) is 0 Å². The van der Waals surface area contributed by atoms with Crippen LogP contribution in [0.2, 0.25) is 0 Å². The quantitative estimate of drug-likeness (QED) is 0.198. The van der Waals surface area contributed by atoms with Crippen LogP contribution in [-0.4, -0.2) is 14.5 Å². The minimum Gasteiger partial charge on any atom is -0.292 e. The van der Waals surface area contributed by atoms with Crippen molar-refractivity contribution in [2.75, 3.05) is 0 Å². The van der Waals surface area contributed by atoms with Crippen molar-refractivity contribution < 1.29 is 0 Å². The van der Waals surface area contributed by atoms with E-state index in [-0.39, 0.29) is 0 Å². The van der Waals surface area contributed by atoms with E-state index in [1.54, 1.807) is 0 Å². The van der Waals surface area contributed by atoms with Crippen LogP contribution in [-0.2, 0) is 5.41 Å². The van der Waals surface area contributed by atoms with Crippen LogP contribution in [0.3, 0.4) is 0 Å². The van der Waals surface area contributed by atoms with E-state index in [1.165, 1.54) is 72.0 Å². The van der Waals surface area contributed by atoms with Crippen molar-refractivity contribution in [3.8, 4) is 28.1 Å². The zero-order valence-electron chi connectivity index (χ0n) is 25.9. The van der Waals surface area contributed by atoms with Gasteiger partial charge in [-0.2, -0.15) is 0 Å². The molecule has 10 rings (SSSR count). The molecular formula is C44H29N3. The second-order valence-electron chi connectivity index (χ2n) is 12.7. The molecule has 5 aromatic carbocycles. The molecule has 0 N–H and O–H groups in total. The summed E-state index contributed by atoms with van der Waals surface area (Å²) in [5.41, 5.74) is 15.9. The second kappa shape index (κ2) is 9.72. The molecule has 0 bridgehead atoms. The molecule has 0 fully saturated rings. The summed E-state index contributed by atoms with van der Waals surface area (Å²) in [6, 6.07) is 47.0. The number of rotatable bonds is 2. The Balaban J connectivity index is 1.23. The van der Waals surface area contributed by atoms with E-state index < -0.39 is 5.41 Å². The first kappa shape index (κ1) is 26.2. The van der Waals surface area contributed by atoms with E-state index in [9.17, 15) is 0 Å². The lowest BCUT2D eigenvalue weighted by atomic mass is 9.66. The lowest BCUT2D eigenvalue weighted by Crippen LogP contribution is -2.30. The minimum absolute atomic E-state index is 0.416. The van der Waals surface area contributed by atoms with Crippen molar-refractivity contribution in [2.24, 2.45) is 0 Å². The maximum absolute atomic E-state index is 4.68. The molecule has 220 valence electrons. The average Bonchev–Trinajstić information content (AvgIpc) is 3.56. The Morgan fingerprint density at radius 2 is 1.28 bits per heavy atom. The predicted octanol–water partition coefficient (Wildman–Crippen LogP) is 10.4. The normalized spacial score (nSPS) is 15.8. The van der Waals surface area contributed by atoms with Gasteiger partial charge in [0.05, 0.1) is 22.6 Å². The van der Waals surface area contributed by atoms with Crippen LogP contribution in [0.25, 0.3) is 62.0 Å². The van der Waals surface area contributed by atoms with Crippen LogP contribution in [0.15, 0.2) is 146 Å². The summed E-state index contributed by atoms with van der Waals surface area (Å²) in [6.45, 7) is 2.18. The third kappa shape index (κ3) is 3.57. The van der Waals surface area contributed by atoms with Crippen LogP contribution in [0.1, 0.15) is 38.9 Å². The van der Waals surface area contributed by atoms with Crippen LogP contribution in [0.4, 0.5) is 0 Å². The molecule has 0 saturated heterocycles. The predicted molar refractivity (Wildman–Crippen MR) is 193 cm³/mol. The monoisotopic (exact) mass is 599 g/mol. The molecule has 3 nitrogen and oxygen atoms in total. The topological polar surface area (TPSA) is 30.7 Å². The fourth-order valence-corrected chi connectivity index (χ4v) is 8.30. The highest BCUT2D eigenvalue weighted by Crippen LogP contribution is 2.59. The molecule has 0 amide bonds. The lowest BCUT2D eigenvalue weighted by Gasteiger charge is -2.35. The number of aryl methyl sites for hydroxylation is 1. The van der Waals surface area contributed by atoms with Crippen LogP contribution >= 0.6 is 0 Å². The van der Waals surface area contributed by atoms with Gasteiger partial charge >= 0.3 is 0 Å². The molecule has 1 unspecified atom stereocenters. The summed E-state index contributed by atoms with van der Waals surface area (Å²) in [5, 5.41) is 2.36. The standard InChI is InChI=1S/C44H29N3/c1-28-13-18-38-32(24-28)15-14-29-8-2-4-10-37(29)44(38)39-11-5-3-9-33(39)35-25-30(16-19-40(35)44)31-17-20-41-36(26-31)34-21-23-45-27-42(34)47(41)43-12-6-7-22-46-43/h2-27H,1H3. The van der Waals surface area contributed by atoms with Crippen molar-refractivity contribution in [1.29, 1.82) is 0 Å². The number of aromatic nitrogens is 3. The first-order valence-electron chi connectivity index (χ1n) is 16.1. The first-order chi connectivity index (χ1) is 23.2. The van der Waals surface area contributed by atoms with Gasteiger partial charge in [0.1, 0.15) is 5.82 Å². The van der Waals surface area contributed by atoms with Crippen molar-refractivity contribution in [3.63, 3.8) is 0 Å². The highest BCUT2D eigenvalue weighted by atomic mass is 15.1. The van der Waals surface area contributed by atoms with E-state index in [1.807, 2.05) is 36.8 Å². The van der Waals surface area contributed by atoms with Crippen molar-refractivity contribution >= 4 is 34.0 Å². The third-order valence-electron chi connectivity index (χ3n) is 10.2. The summed E-state index contributed by atoms with van der Waals surface area (Å²) in [4.78, 5) is 9.15. The Kier molecular flexibility index (Phi) is 5.41. The van der Waals surface area contributed by atoms with E-state index in [0.29, 0.717) is 0 Å². The molecule has 47 heavy (non-hydrogen) atoms. The minimum atomic E-state index is -0.416. The molecule has 8 aromatic rings. The number of benzene rings is 5. The maximum Gasteiger partial charge on any atom is 0.137 e. The van der Waals surface area contributed by atoms with Gasteiger partial charge in [0, 0.05) is 23.2 Å². The fourth-order valence-electron chi connectivity index (χ4n) is 8.30. The van der Waals surface area contributed by atoms with Crippen LogP contribution < -0.4 is 0 Å². The SMILES string of the molecule is Cc1ccc2c(c1)C=Cc1ccccc1C21c2ccccc2-c2cc(-c3ccc4c(c3)c3ccncc3n4-c3ccccn3)ccc21. The van der Waals surface area contributed by atoms with Gasteiger partial charge in [0.2, 0.25) is 0 Å². The summed E-state index contributed by atoms with van der Waals surface area (Å²) < 4.78 is 2.21. The van der Waals surface area contributed by atoms with E-state index >= 15 is 0 Å². The molecule has 2 aliphatic carbocycles. The van der Waals surface area contributed by atoms with Gasteiger partial charge in [0.15, 0.2) is 0 Å². The highest BCUT2D eigenvalue weighted by Gasteiger charge is 2.48. The van der Waals surface area contributed by atoms with Gasteiger partial charge in [-0.3, -0.25) is 9.55 Å².